The van der Waals surface area contributed by atoms with Crippen LogP contribution in [0.25, 0.3) is 0 Å². The van der Waals surface area contributed by atoms with E-state index in [0.717, 1.165) is 24.2 Å². The summed E-state index contributed by atoms with van der Waals surface area (Å²) in [6, 6.07) is 1.79. The number of carbonyl (C=O) groups is 1. The van der Waals surface area contributed by atoms with Gasteiger partial charge in [0.15, 0.2) is 5.69 Å². The number of hydrogen-bond donors (Lipinski definition) is 4. The van der Waals surface area contributed by atoms with Crippen LogP contribution in [-0.2, 0) is 13.0 Å². The van der Waals surface area contributed by atoms with Crippen molar-refractivity contribution >= 4 is 11.6 Å². The second-order valence-electron chi connectivity index (χ2n) is 3.98. The molecule has 0 atom stereocenters. The van der Waals surface area contributed by atoms with Gasteiger partial charge in [-0.25, -0.2) is 0 Å². The van der Waals surface area contributed by atoms with E-state index in [1.807, 2.05) is 6.92 Å². The van der Waals surface area contributed by atoms with Crippen LogP contribution in [0.15, 0.2) is 12.3 Å². The number of carbonyl (C=O) groups excluding carboxylic acids is 1. The van der Waals surface area contributed by atoms with Crippen LogP contribution in [-0.4, -0.2) is 26.3 Å². The molecule has 0 saturated heterocycles. The van der Waals surface area contributed by atoms with Crippen molar-refractivity contribution in [3.05, 3.63) is 29.3 Å². The number of nitrogen functional groups attached to an aromatic ring is 1. The molecule has 0 radical (unpaired) electrons. The molecule has 2 heterocycles. The molecule has 0 aliphatic carbocycles. The number of H-pyrrole nitrogens is 2. The van der Waals surface area contributed by atoms with Gasteiger partial charge in [0.2, 0.25) is 0 Å². The van der Waals surface area contributed by atoms with Gasteiger partial charge >= 0.3 is 0 Å². The summed E-state index contributed by atoms with van der Waals surface area (Å²) in [5.74, 6) is -0.291. The lowest BCUT2D eigenvalue weighted by Gasteiger charge is -2.02. The summed E-state index contributed by atoms with van der Waals surface area (Å²) in [5.41, 5.74) is 8.18. The molecule has 5 N–H and O–H groups in total. The van der Waals surface area contributed by atoms with Gasteiger partial charge in [-0.05, 0) is 12.5 Å². The Morgan fingerprint density at radius 2 is 2.33 bits per heavy atom. The molecule has 7 nitrogen and oxygen atoms in total. The Kier molecular flexibility index (Phi) is 3.61. The van der Waals surface area contributed by atoms with Crippen molar-refractivity contribution in [3.63, 3.8) is 0 Å². The molecule has 0 unspecified atom stereocenters. The predicted molar refractivity (Wildman–Crippen MR) is 66.8 cm³/mol. The van der Waals surface area contributed by atoms with Gasteiger partial charge in [-0.3, -0.25) is 15.0 Å². The molecule has 0 aliphatic rings. The highest BCUT2D eigenvalue weighted by atomic mass is 16.1. The molecular weight excluding hydrogens is 232 g/mol. The second kappa shape index (κ2) is 5.35. The zero-order valence-corrected chi connectivity index (χ0v) is 10.2. The fraction of sp³-hybridized carbons (Fsp3) is 0.364. The van der Waals surface area contributed by atoms with Crippen LogP contribution < -0.4 is 11.1 Å². The summed E-state index contributed by atoms with van der Waals surface area (Å²) < 4.78 is 0. The molecule has 18 heavy (non-hydrogen) atoms. The van der Waals surface area contributed by atoms with Gasteiger partial charge in [-0.2, -0.15) is 10.2 Å². The molecule has 2 rings (SSSR count). The maximum absolute atomic E-state index is 11.9. The number of aromatic amines is 2. The van der Waals surface area contributed by atoms with Gasteiger partial charge in [0, 0.05) is 6.20 Å². The smallest absolute Gasteiger partial charge is 0.274 e. The molecule has 7 heteroatoms. The number of nitrogens with one attached hydrogen (secondary N) is 3. The zero-order valence-electron chi connectivity index (χ0n) is 10.2. The molecule has 0 saturated carbocycles. The standard InChI is InChI=1S/C11H16N6O/c1-2-3-8-9(12)10(17-16-8)11(18)13-6-7-4-5-14-15-7/h4-5H,2-3,6,12H2,1H3,(H,13,18)(H,14,15)(H,16,17). The number of nitrogens with zero attached hydrogens (tertiary/aromatic N) is 2. The number of aromatic nitrogens is 4. The normalized spacial score (nSPS) is 10.5. The lowest BCUT2D eigenvalue weighted by Crippen LogP contribution is -2.24. The minimum atomic E-state index is -0.291. The fourth-order valence-corrected chi connectivity index (χ4v) is 1.64. The number of amides is 1. The van der Waals surface area contributed by atoms with E-state index >= 15 is 0 Å². The Labute approximate surface area is 104 Å². The Morgan fingerprint density at radius 1 is 1.50 bits per heavy atom. The van der Waals surface area contributed by atoms with E-state index in [9.17, 15) is 4.79 Å². The molecule has 0 aromatic carbocycles. The van der Waals surface area contributed by atoms with Crippen LogP contribution in [0.1, 0.15) is 35.2 Å². The highest BCUT2D eigenvalue weighted by molar-refractivity contribution is 5.97. The molecule has 2 aromatic heterocycles. The number of rotatable bonds is 5. The van der Waals surface area contributed by atoms with E-state index in [1.54, 1.807) is 12.3 Å². The monoisotopic (exact) mass is 248 g/mol. The molecule has 0 fully saturated rings. The van der Waals surface area contributed by atoms with Crippen LogP contribution in [0.2, 0.25) is 0 Å². The quantitative estimate of drug-likeness (QED) is 0.620. The summed E-state index contributed by atoms with van der Waals surface area (Å²) >= 11 is 0. The molecule has 0 bridgehead atoms. The molecule has 0 spiro atoms. The van der Waals surface area contributed by atoms with Crippen molar-refractivity contribution < 1.29 is 4.79 Å². The minimum absolute atomic E-state index is 0.248. The van der Waals surface area contributed by atoms with E-state index in [0.29, 0.717) is 12.2 Å². The van der Waals surface area contributed by atoms with Crippen molar-refractivity contribution in [3.8, 4) is 0 Å². The average Bonchev–Trinajstić information content (AvgIpc) is 2.98. The summed E-state index contributed by atoms with van der Waals surface area (Å²) in [4.78, 5) is 11.9. The third kappa shape index (κ3) is 2.50. The van der Waals surface area contributed by atoms with E-state index in [1.165, 1.54) is 0 Å². The van der Waals surface area contributed by atoms with Gasteiger partial charge < -0.3 is 11.1 Å². The Hall–Kier alpha value is -2.31. The maximum Gasteiger partial charge on any atom is 0.274 e. The Morgan fingerprint density at radius 3 is 3.00 bits per heavy atom. The lowest BCUT2D eigenvalue weighted by atomic mass is 10.2. The van der Waals surface area contributed by atoms with E-state index in [4.69, 9.17) is 5.73 Å². The first-order valence-electron chi connectivity index (χ1n) is 5.81. The number of anilines is 1. The Bertz CT molecular complexity index is 516. The van der Waals surface area contributed by atoms with Crippen LogP contribution in [0.5, 0.6) is 0 Å². The second-order valence-corrected chi connectivity index (χ2v) is 3.98. The largest absolute Gasteiger partial charge is 0.395 e. The summed E-state index contributed by atoms with van der Waals surface area (Å²) in [7, 11) is 0. The molecular formula is C11H16N6O. The Balaban J connectivity index is 2.00. The molecule has 1 amide bonds. The van der Waals surface area contributed by atoms with Crippen molar-refractivity contribution in [2.24, 2.45) is 0 Å². The van der Waals surface area contributed by atoms with Crippen LogP contribution in [0, 0.1) is 0 Å². The minimum Gasteiger partial charge on any atom is -0.395 e. The molecule has 0 aliphatic heterocycles. The highest BCUT2D eigenvalue weighted by Crippen LogP contribution is 2.15. The van der Waals surface area contributed by atoms with Gasteiger partial charge in [0.25, 0.3) is 5.91 Å². The summed E-state index contributed by atoms with van der Waals surface area (Å²) in [6.07, 6.45) is 3.36. The SMILES string of the molecule is CCCc1[nH]nc(C(=O)NCc2ccn[nH]2)c1N. The van der Waals surface area contributed by atoms with Crippen molar-refractivity contribution in [2.45, 2.75) is 26.3 Å². The lowest BCUT2D eigenvalue weighted by molar-refractivity contribution is 0.0946. The summed E-state index contributed by atoms with van der Waals surface area (Å²) in [6.45, 7) is 2.41. The molecule has 2 aromatic rings. The van der Waals surface area contributed by atoms with Gasteiger partial charge in [0.1, 0.15) is 0 Å². The number of hydrogen-bond acceptors (Lipinski definition) is 4. The summed E-state index contributed by atoms with van der Waals surface area (Å²) in [5, 5.41) is 16.0. The van der Waals surface area contributed by atoms with Crippen LogP contribution >= 0.6 is 0 Å². The van der Waals surface area contributed by atoms with E-state index < -0.39 is 0 Å². The van der Waals surface area contributed by atoms with Gasteiger partial charge in [0.05, 0.1) is 23.6 Å². The van der Waals surface area contributed by atoms with E-state index in [-0.39, 0.29) is 11.6 Å². The zero-order chi connectivity index (χ0) is 13.0. The molecule has 96 valence electrons. The first-order chi connectivity index (χ1) is 8.72. The van der Waals surface area contributed by atoms with Crippen molar-refractivity contribution in [1.29, 1.82) is 0 Å². The number of nitrogens with two attached hydrogens (primary N) is 1. The van der Waals surface area contributed by atoms with Crippen LogP contribution in [0.3, 0.4) is 0 Å². The number of aryl methyl sites for hydroxylation is 1. The topological polar surface area (TPSA) is 112 Å². The first kappa shape index (κ1) is 12.2. The maximum atomic E-state index is 11.9. The van der Waals surface area contributed by atoms with Crippen molar-refractivity contribution in [1.82, 2.24) is 25.7 Å². The van der Waals surface area contributed by atoms with Crippen LogP contribution in [0.4, 0.5) is 5.69 Å². The highest BCUT2D eigenvalue weighted by Gasteiger charge is 2.16. The van der Waals surface area contributed by atoms with E-state index in [2.05, 4.69) is 25.7 Å². The third-order valence-electron chi connectivity index (χ3n) is 2.60. The van der Waals surface area contributed by atoms with Gasteiger partial charge in [-0.1, -0.05) is 13.3 Å². The third-order valence-corrected chi connectivity index (χ3v) is 2.60. The first-order valence-corrected chi connectivity index (χ1v) is 5.81. The average molecular weight is 248 g/mol. The fourth-order valence-electron chi connectivity index (χ4n) is 1.64. The predicted octanol–water partition coefficient (Wildman–Crippen LogP) is 0.597. The van der Waals surface area contributed by atoms with Gasteiger partial charge in [-0.15, -0.1) is 0 Å². The van der Waals surface area contributed by atoms with Crippen molar-refractivity contribution in [2.75, 3.05) is 5.73 Å².